The van der Waals surface area contributed by atoms with E-state index in [0.29, 0.717) is 53.7 Å². The highest BCUT2D eigenvalue weighted by Crippen LogP contribution is 2.35. The summed E-state index contributed by atoms with van der Waals surface area (Å²) in [5.41, 5.74) is 0.760. The summed E-state index contributed by atoms with van der Waals surface area (Å²) in [4.78, 5) is 33.8. The van der Waals surface area contributed by atoms with Gasteiger partial charge in [0.05, 0.1) is 10.4 Å². The van der Waals surface area contributed by atoms with Gasteiger partial charge in [-0.1, -0.05) is 23.2 Å². The van der Waals surface area contributed by atoms with Crippen molar-refractivity contribution in [2.24, 2.45) is 0 Å². The van der Waals surface area contributed by atoms with Crippen LogP contribution < -0.4 is 4.90 Å². The molecular weight excluding hydrogens is 439 g/mol. The van der Waals surface area contributed by atoms with Gasteiger partial charge in [-0.2, -0.15) is 0 Å². The van der Waals surface area contributed by atoms with Crippen molar-refractivity contribution in [2.45, 2.75) is 26.4 Å². The molecule has 0 bridgehead atoms. The molecule has 0 unspecified atom stereocenters. The monoisotopic (exact) mass is 460 g/mol. The van der Waals surface area contributed by atoms with E-state index in [1.165, 1.54) is 6.20 Å². The maximum atomic E-state index is 12.4. The molecule has 0 aliphatic carbocycles. The van der Waals surface area contributed by atoms with Crippen molar-refractivity contribution < 1.29 is 9.53 Å². The molecular formula is C21H22Cl2N6O2. The van der Waals surface area contributed by atoms with Crippen LogP contribution in [0, 0.1) is 0 Å². The van der Waals surface area contributed by atoms with Gasteiger partial charge < -0.3 is 14.5 Å². The van der Waals surface area contributed by atoms with Gasteiger partial charge in [-0.25, -0.2) is 19.7 Å². The van der Waals surface area contributed by atoms with E-state index in [9.17, 15) is 4.79 Å². The van der Waals surface area contributed by atoms with Crippen molar-refractivity contribution in [1.82, 2.24) is 24.8 Å². The normalized spacial score (nSPS) is 14.7. The summed E-state index contributed by atoms with van der Waals surface area (Å²) in [6, 6.07) is 3.66. The van der Waals surface area contributed by atoms with Gasteiger partial charge in [0, 0.05) is 50.3 Å². The van der Waals surface area contributed by atoms with Crippen LogP contribution in [0.5, 0.6) is 0 Å². The molecule has 8 nitrogen and oxygen atoms in total. The van der Waals surface area contributed by atoms with Gasteiger partial charge in [0.2, 0.25) is 0 Å². The van der Waals surface area contributed by atoms with Crippen molar-refractivity contribution in [3.63, 3.8) is 0 Å². The number of amides is 1. The van der Waals surface area contributed by atoms with E-state index in [0.717, 1.165) is 5.56 Å². The highest BCUT2D eigenvalue weighted by atomic mass is 35.5. The molecule has 0 aromatic carbocycles. The molecule has 0 radical (unpaired) electrons. The van der Waals surface area contributed by atoms with Crippen molar-refractivity contribution >= 4 is 46.0 Å². The lowest BCUT2D eigenvalue weighted by Crippen LogP contribution is -2.50. The minimum absolute atomic E-state index is 0.255. The molecule has 31 heavy (non-hydrogen) atoms. The van der Waals surface area contributed by atoms with E-state index in [1.807, 2.05) is 32.9 Å². The number of rotatable bonds is 2. The standard InChI is InChI=1S/C21H22Cl2N6O2/c1-21(2,3)31-20(30)29-10-8-28(9-11-29)19-15-14(22)12-25-17(23)16(15)26-18(27-19)13-4-6-24-7-5-13/h4-7,12H,8-11H2,1-3H3. The molecule has 1 aliphatic rings. The number of nitrogens with zero attached hydrogens (tertiary/aromatic N) is 6. The first-order valence-corrected chi connectivity index (χ1v) is 10.6. The highest BCUT2D eigenvalue weighted by Gasteiger charge is 2.28. The van der Waals surface area contributed by atoms with E-state index in [1.54, 1.807) is 17.3 Å². The third-order valence-corrected chi connectivity index (χ3v) is 5.35. The van der Waals surface area contributed by atoms with E-state index in [2.05, 4.69) is 19.9 Å². The number of anilines is 1. The molecule has 162 valence electrons. The molecule has 0 atom stereocenters. The van der Waals surface area contributed by atoms with Crippen molar-refractivity contribution in [3.8, 4) is 11.4 Å². The lowest BCUT2D eigenvalue weighted by molar-refractivity contribution is 0.0240. The van der Waals surface area contributed by atoms with Gasteiger partial charge >= 0.3 is 6.09 Å². The van der Waals surface area contributed by atoms with Crippen LogP contribution in [0.4, 0.5) is 10.6 Å². The molecule has 1 amide bonds. The van der Waals surface area contributed by atoms with Crippen LogP contribution in [0.2, 0.25) is 10.2 Å². The number of aromatic nitrogens is 4. The van der Waals surface area contributed by atoms with Gasteiger partial charge in [0.1, 0.15) is 16.9 Å². The summed E-state index contributed by atoms with van der Waals surface area (Å²) in [6.45, 7) is 7.70. The lowest BCUT2D eigenvalue weighted by Gasteiger charge is -2.36. The molecule has 4 rings (SSSR count). The van der Waals surface area contributed by atoms with Crippen LogP contribution in [0.25, 0.3) is 22.3 Å². The number of carbonyl (C=O) groups is 1. The van der Waals surface area contributed by atoms with Gasteiger partial charge in [-0.3, -0.25) is 4.98 Å². The maximum absolute atomic E-state index is 12.4. The highest BCUT2D eigenvalue weighted by molar-refractivity contribution is 6.39. The summed E-state index contributed by atoms with van der Waals surface area (Å²) < 4.78 is 5.49. The zero-order valence-electron chi connectivity index (χ0n) is 17.5. The van der Waals surface area contributed by atoms with Gasteiger partial charge in [0.25, 0.3) is 0 Å². The van der Waals surface area contributed by atoms with E-state index in [-0.39, 0.29) is 11.2 Å². The second-order valence-electron chi connectivity index (χ2n) is 8.18. The Labute approximate surface area is 190 Å². The fraction of sp³-hybridized carbons (Fsp3) is 0.381. The van der Waals surface area contributed by atoms with E-state index < -0.39 is 5.60 Å². The second kappa shape index (κ2) is 8.43. The first kappa shape index (κ1) is 21.5. The number of hydrogen-bond donors (Lipinski definition) is 0. The number of hydrogen-bond acceptors (Lipinski definition) is 7. The van der Waals surface area contributed by atoms with Crippen LogP contribution in [0.1, 0.15) is 20.8 Å². The molecule has 1 aliphatic heterocycles. The number of pyridine rings is 2. The maximum Gasteiger partial charge on any atom is 0.410 e. The number of ether oxygens (including phenoxy) is 1. The Bertz CT molecular complexity index is 1110. The first-order valence-electron chi connectivity index (χ1n) is 9.88. The summed E-state index contributed by atoms with van der Waals surface area (Å²) in [5.74, 6) is 1.17. The van der Waals surface area contributed by atoms with Gasteiger partial charge in [0.15, 0.2) is 11.0 Å². The zero-order valence-corrected chi connectivity index (χ0v) is 19.0. The van der Waals surface area contributed by atoms with Crippen molar-refractivity contribution in [2.75, 3.05) is 31.1 Å². The summed E-state index contributed by atoms with van der Waals surface area (Å²) in [6.07, 6.45) is 4.55. The molecule has 0 spiro atoms. The SMILES string of the molecule is CC(C)(C)OC(=O)N1CCN(c2nc(-c3ccncc3)nc3c(Cl)ncc(Cl)c23)CC1. The van der Waals surface area contributed by atoms with Gasteiger partial charge in [-0.15, -0.1) is 0 Å². The average molecular weight is 461 g/mol. The van der Waals surface area contributed by atoms with Crippen LogP contribution in [0.15, 0.2) is 30.7 Å². The largest absolute Gasteiger partial charge is 0.444 e. The quantitative estimate of drug-likeness (QED) is 0.522. The number of halogens is 2. The Hall–Kier alpha value is -2.71. The fourth-order valence-electron chi connectivity index (χ4n) is 3.34. The number of piperazine rings is 1. The Kier molecular flexibility index (Phi) is 5.85. The Morgan fingerprint density at radius 3 is 2.39 bits per heavy atom. The summed E-state index contributed by atoms with van der Waals surface area (Å²) >= 11 is 12.8. The molecule has 10 heteroatoms. The second-order valence-corrected chi connectivity index (χ2v) is 8.95. The van der Waals surface area contributed by atoms with Crippen LogP contribution in [-0.2, 0) is 4.74 Å². The Balaban J connectivity index is 1.69. The number of fused-ring (bicyclic) bond motifs is 1. The molecule has 3 aromatic rings. The van der Waals surface area contributed by atoms with E-state index >= 15 is 0 Å². The minimum atomic E-state index is -0.534. The lowest BCUT2D eigenvalue weighted by atomic mass is 10.2. The third-order valence-electron chi connectivity index (χ3n) is 4.78. The fourth-order valence-corrected chi connectivity index (χ4v) is 3.75. The smallest absolute Gasteiger partial charge is 0.410 e. The summed E-state index contributed by atoms with van der Waals surface area (Å²) in [7, 11) is 0. The molecule has 1 fully saturated rings. The zero-order chi connectivity index (χ0) is 22.2. The predicted molar refractivity (Wildman–Crippen MR) is 121 cm³/mol. The van der Waals surface area contributed by atoms with Crippen LogP contribution in [0.3, 0.4) is 0 Å². The van der Waals surface area contributed by atoms with Crippen LogP contribution in [-0.4, -0.2) is 62.7 Å². The number of carbonyl (C=O) groups excluding carboxylic acids is 1. The molecule has 3 aromatic heterocycles. The molecule has 0 saturated carbocycles. The Morgan fingerprint density at radius 1 is 1.06 bits per heavy atom. The van der Waals surface area contributed by atoms with E-state index in [4.69, 9.17) is 32.9 Å². The average Bonchev–Trinajstić information content (AvgIpc) is 2.75. The summed E-state index contributed by atoms with van der Waals surface area (Å²) in [5, 5.41) is 1.32. The molecule has 0 N–H and O–H groups in total. The van der Waals surface area contributed by atoms with Gasteiger partial charge in [-0.05, 0) is 32.9 Å². The van der Waals surface area contributed by atoms with Crippen LogP contribution >= 0.6 is 23.2 Å². The van der Waals surface area contributed by atoms with Crippen molar-refractivity contribution in [1.29, 1.82) is 0 Å². The molecule has 4 heterocycles. The topological polar surface area (TPSA) is 84.3 Å². The third kappa shape index (κ3) is 4.65. The van der Waals surface area contributed by atoms with Crippen molar-refractivity contribution in [3.05, 3.63) is 40.9 Å². The molecule has 1 saturated heterocycles. The predicted octanol–water partition coefficient (Wildman–Crippen LogP) is 4.45. The first-order chi connectivity index (χ1) is 14.7. The minimum Gasteiger partial charge on any atom is -0.444 e. The Morgan fingerprint density at radius 2 is 1.74 bits per heavy atom.